The number of carbonyl (C=O) groups excluding carboxylic acids is 1. The van der Waals surface area contributed by atoms with Crippen molar-refractivity contribution in [3.63, 3.8) is 0 Å². The smallest absolute Gasteiger partial charge is 0.344 e. The Kier molecular flexibility index (Phi) is 6.15. The summed E-state index contributed by atoms with van der Waals surface area (Å²) in [5.41, 5.74) is 0.540. The summed E-state index contributed by atoms with van der Waals surface area (Å²) < 4.78 is 5.58. The Morgan fingerprint density at radius 2 is 1.90 bits per heavy atom. The van der Waals surface area contributed by atoms with Crippen LogP contribution in [-0.2, 0) is 25.7 Å². The van der Waals surface area contributed by atoms with Gasteiger partial charge in [-0.15, -0.1) is 0 Å². The van der Waals surface area contributed by atoms with Gasteiger partial charge in [-0.3, -0.25) is 4.79 Å². The molecule has 0 aliphatic carbocycles. The van der Waals surface area contributed by atoms with Crippen LogP contribution in [0.25, 0.3) is 0 Å². The van der Waals surface area contributed by atoms with Crippen LogP contribution < -0.4 is 5.32 Å². The Bertz CT molecular complexity index is 595. The van der Waals surface area contributed by atoms with E-state index in [-0.39, 0.29) is 12.6 Å². The summed E-state index contributed by atoms with van der Waals surface area (Å²) in [6.45, 7) is 1.45. The quantitative estimate of drug-likeness (QED) is 0.218. The Hall–Kier alpha value is -2.10. The standard InChI is InChI=1S/C13H12INO6/c1-7(16)21-6-8-2-3-11(10(14)4-8)15-5-9(12(17)18)13(19)20/h2-5,15H,6H2,1H3,(H,17,18)(H,19,20). The molecule has 0 radical (unpaired) electrons. The summed E-state index contributed by atoms with van der Waals surface area (Å²) in [4.78, 5) is 32.1. The van der Waals surface area contributed by atoms with Crippen LogP contribution in [0, 0.1) is 3.57 Å². The molecule has 112 valence electrons. The summed E-state index contributed by atoms with van der Waals surface area (Å²) in [6.07, 6.45) is 0.911. The van der Waals surface area contributed by atoms with Crippen molar-refractivity contribution in [1.29, 1.82) is 0 Å². The van der Waals surface area contributed by atoms with Crippen molar-refractivity contribution in [3.8, 4) is 0 Å². The van der Waals surface area contributed by atoms with Gasteiger partial charge in [0, 0.05) is 16.7 Å². The van der Waals surface area contributed by atoms with Gasteiger partial charge in [-0.05, 0) is 40.3 Å². The number of nitrogens with one attached hydrogen (secondary N) is 1. The lowest BCUT2D eigenvalue weighted by atomic mass is 10.2. The minimum atomic E-state index is -1.53. The van der Waals surface area contributed by atoms with Gasteiger partial charge in [0.05, 0.1) is 5.69 Å². The molecule has 1 aromatic carbocycles. The molecule has 0 fully saturated rings. The van der Waals surface area contributed by atoms with E-state index in [4.69, 9.17) is 14.9 Å². The molecule has 0 spiro atoms. The molecule has 7 nitrogen and oxygen atoms in total. The highest BCUT2D eigenvalue weighted by atomic mass is 127. The zero-order valence-electron chi connectivity index (χ0n) is 10.9. The second-order valence-corrected chi connectivity index (χ2v) is 5.07. The maximum absolute atomic E-state index is 10.7. The molecule has 0 atom stereocenters. The third-order valence-electron chi connectivity index (χ3n) is 2.31. The van der Waals surface area contributed by atoms with E-state index in [1.54, 1.807) is 18.2 Å². The summed E-state index contributed by atoms with van der Waals surface area (Å²) in [5, 5.41) is 20.1. The maximum Gasteiger partial charge on any atom is 0.344 e. The Balaban J connectivity index is 2.86. The van der Waals surface area contributed by atoms with Crippen molar-refractivity contribution in [1.82, 2.24) is 0 Å². The average molecular weight is 405 g/mol. The molecule has 0 saturated carbocycles. The molecule has 0 aliphatic heterocycles. The van der Waals surface area contributed by atoms with Crippen molar-refractivity contribution >= 4 is 46.2 Å². The van der Waals surface area contributed by atoms with Gasteiger partial charge in [0.1, 0.15) is 6.61 Å². The summed E-state index contributed by atoms with van der Waals surface area (Å²) in [7, 11) is 0. The zero-order chi connectivity index (χ0) is 16.0. The molecule has 1 rings (SSSR count). The van der Waals surface area contributed by atoms with E-state index in [1.807, 2.05) is 22.6 Å². The highest BCUT2D eigenvalue weighted by Gasteiger charge is 2.15. The van der Waals surface area contributed by atoms with Crippen molar-refractivity contribution in [2.24, 2.45) is 0 Å². The van der Waals surface area contributed by atoms with Crippen LogP contribution in [0.3, 0.4) is 0 Å². The van der Waals surface area contributed by atoms with Crippen molar-refractivity contribution in [2.45, 2.75) is 13.5 Å². The number of carboxylic acid groups (broad SMARTS) is 2. The molecule has 0 amide bonds. The van der Waals surface area contributed by atoms with Crippen LogP contribution in [0.2, 0.25) is 0 Å². The average Bonchev–Trinajstić information content (AvgIpc) is 2.37. The van der Waals surface area contributed by atoms with E-state index >= 15 is 0 Å². The number of hydrogen-bond donors (Lipinski definition) is 3. The number of carboxylic acids is 2. The van der Waals surface area contributed by atoms with Gasteiger partial charge < -0.3 is 20.3 Å². The fourth-order valence-electron chi connectivity index (χ4n) is 1.32. The number of halogens is 1. The lowest BCUT2D eigenvalue weighted by Crippen LogP contribution is -2.13. The second kappa shape index (κ2) is 7.62. The topological polar surface area (TPSA) is 113 Å². The Morgan fingerprint density at radius 1 is 1.29 bits per heavy atom. The first-order valence-electron chi connectivity index (χ1n) is 5.66. The van der Waals surface area contributed by atoms with Crippen molar-refractivity contribution < 1.29 is 29.3 Å². The molecule has 0 heterocycles. The fraction of sp³-hybridized carbons (Fsp3) is 0.154. The minimum Gasteiger partial charge on any atom is -0.477 e. The van der Waals surface area contributed by atoms with E-state index in [0.29, 0.717) is 5.69 Å². The predicted octanol–water partition coefficient (Wildman–Crippen LogP) is 1.82. The van der Waals surface area contributed by atoms with Gasteiger partial charge in [0.2, 0.25) is 0 Å². The number of carbonyl (C=O) groups is 3. The van der Waals surface area contributed by atoms with E-state index in [1.165, 1.54) is 6.92 Å². The Labute approximate surface area is 133 Å². The van der Waals surface area contributed by atoms with E-state index in [2.05, 4.69) is 5.32 Å². The second-order valence-electron chi connectivity index (χ2n) is 3.91. The van der Waals surface area contributed by atoms with Crippen molar-refractivity contribution in [2.75, 3.05) is 5.32 Å². The number of hydrogen-bond acceptors (Lipinski definition) is 5. The first-order valence-corrected chi connectivity index (χ1v) is 6.74. The lowest BCUT2D eigenvalue weighted by Gasteiger charge is -2.08. The van der Waals surface area contributed by atoms with Crippen LogP contribution in [0.5, 0.6) is 0 Å². The molecule has 0 saturated heterocycles. The van der Waals surface area contributed by atoms with Gasteiger partial charge in [0.25, 0.3) is 0 Å². The summed E-state index contributed by atoms with van der Waals surface area (Å²) in [6, 6.07) is 5.06. The zero-order valence-corrected chi connectivity index (χ0v) is 13.1. The number of rotatable bonds is 6. The number of esters is 1. The van der Waals surface area contributed by atoms with E-state index in [0.717, 1.165) is 15.3 Å². The monoisotopic (exact) mass is 405 g/mol. The first kappa shape index (κ1) is 17.0. The van der Waals surface area contributed by atoms with Gasteiger partial charge in [-0.1, -0.05) is 6.07 Å². The molecule has 21 heavy (non-hydrogen) atoms. The normalized spacial score (nSPS) is 9.62. The van der Waals surface area contributed by atoms with Crippen molar-refractivity contribution in [3.05, 3.63) is 39.1 Å². The Morgan fingerprint density at radius 3 is 2.38 bits per heavy atom. The summed E-state index contributed by atoms with van der Waals surface area (Å²) >= 11 is 2.00. The largest absolute Gasteiger partial charge is 0.477 e. The first-order chi connectivity index (χ1) is 9.81. The number of benzene rings is 1. The van der Waals surface area contributed by atoms with Gasteiger partial charge in [0.15, 0.2) is 5.57 Å². The molecule has 3 N–H and O–H groups in total. The highest BCUT2D eigenvalue weighted by molar-refractivity contribution is 14.1. The fourth-order valence-corrected chi connectivity index (χ4v) is 2.05. The summed E-state index contributed by atoms with van der Waals surface area (Å²) in [5.74, 6) is -3.45. The lowest BCUT2D eigenvalue weighted by molar-refractivity contribution is -0.142. The van der Waals surface area contributed by atoms with Gasteiger partial charge in [-0.2, -0.15) is 0 Å². The molecular formula is C13H12INO6. The van der Waals surface area contributed by atoms with E-state index in [9.17, 15) is 14.4 Å². The van der Waals surface area contributed by atoms with Crippen LogP contribution in [0.4, 0.5) is 5.69 Å². The number of anilines is 1. The maximum atomic E-state index is 10.7. The third kappa shape index (κ3) is 5.42. The molecular weight excluding hydrogens is 393 g/mol. The molecule has 0 aliphatic rings. The number of aliphatic carboxylic acids is 2. The molecule has 0 aromatic heterocycles. The predicted molar refractivity (Wildman–Crippen MR) is 81.6 cm³/mol. The molecule has 8 heteroatoms. The van der Waals surface area contributed by atoms with Crippen LogP contribution in [-0.4, -0.2) is 28.1 Å². The van der Waals surface area contributed by atoms with Crippen LogP contribution in [0.15, 0.2) is 30.0 Å². The van der Waals surface area contributed by atoms with E-state index < -0.39 is 17.5 Å². The third-order valence-corrected chi connectivity index (χ3v) is 3.20. The van der Waals surface area contributed by atoms with Crippen LogP contribution in [0.1, 0.15) is 12.5 Å². The molecule has 1 aromatic rings. The molecule has 0 bridgehead atoms. The SMILES string of the molecule is CC(=O)OCc1ccc(NC=C(C(=O)O)C(=O)O)c(I)c1. The van der Waals surface area contributed by atoms with Gasteiger partial charge >= 0.3 is 17.9 Å². The van der Waals surface area contributed by atoms with Crippen LogP contribution >= 0.6 is 22.6 Å². The molecule has 0 unspecified atom stereocenters. The highest BCUT2D eigenvalue weighted by Crippen LogP contribution is 2.20. The van der Waals surface area contributed by atoms with Gasteiger partial charge in [-0.25, -0.2) is 9.59 Å². The number of ether oxygens (including phenoxy) is 1. The minimum absolute atomic E-state index is 0.136.